The Labute approximate surface area is 161 Å². The van der Waals surface area contributed by atoms with Crippen molar-refractivity contribution in [2.45, 2.75) is 39.3 Å². The van der Waals surface area contributed by atoms with Crippen LogP contribution in [0.25, 0.3) is 0 Å². The molecule has 0 aromatic rings. The third-order valence-electron chi connectivity index (χ3n) is 4.47. The van der Waals surface area contributed by atoms with Crippen LogP contribution in [-0.2, 0) is 25.8 Å². The summed E-state index contributed by atoms with van der Waals surface area (Å²) in [4.78, 5) is 0. The average Bonchev–Trinajstić information content (AvgIpc) is 3.06. The van der Waals surface area contributed by atoms with E-state index in [2.05, 4.69) is 74.3 Å². The fourth-order valence-corrected chi connectivity index (χ4v) is 4.76. The Kier molecular flexibility index (Phi) is 6.91. The van der Waals surface area contributed by atoms with E-state index in [1.807, 2.05) is 0 Å². The van der Waals surface area contributed by atoms with Crippen molar-refractivity contribution in [3.63, 3.8) is 0 Å². The minimum atomic E-state index is -0.356. The molecule has 0 radical (unpaired) electrons. The molecule has 0 amide bonds. The molecule has 23 heavy (non-hydrogen) atoms. The summed E-state index contributed by atoms with van der Waals surface area (Å²) < 4.78 is 0. The monoisotopic (exact) mass is 485 g/mol. The maximum Gasteiger partial charge on any atom is 0 e. The summed E-state index contributed by atoms with van der Waals surface area (Å²) in [5.74, 6) is 1.02. The van der Waals surface area contributed by atoms with Crippen LogP contribution in [-0.4, -0.2) is 14.1 Å². The number of fused-ring (bicyclic) bond motifs is 1. The standard InChI is InChI=1S/C21H25Si.Hf/c1-4-9-17-14-18-12-7-8-13-19(15-22(2)3)21(18)20(17)16-10-5-6-11-16;/h5-8,10-12,15-16,19H,4,9,13H2,1-3H3;/q-1;. The van der Waals surface area contributed by atoms with E-state index in [-0.39, 0.29) is 34.3 Å². The van der Waals surface area contributed by atoms with Gasteiger partial charge in [-0.15, -0.1) is 35.0 Å². The molecule has 0 aliphatic heterocycles. The number of rotatable bonds is 4. The summed E-state index contributed by atoms with van der Waals surface area (Å²) in [5.41, 5.74) is 8.50. The third-order valence-corrected chi connectivity index (χ3v) is 5.54. The molecule has 3 aliphatic carbocycles. The molecule has 0 bridgehead atoms. The molecule has 0 N–H and O–H groups in total. The zero-order chi connectivity index (χ0) is 15.5. The van der Waals surface area contributed by atoms with Gasteiger partial charge in [-0.2, -0.15) is 11.1 Å². The SMILES string of the molecule is CCCC1=[C-]C2=CC=CCC(C=[Si](C)C)C2=C1C1C=CC=C1.[Hf]. The predicted molar refractivity (Wildman–Crippen MR) is 99.3 cm³/mol. The third kappa shape index (κ3) is 4.08. The predicted octanol–water partition coefficient (Wildman–Crippen LogP) is 5.21. The van der Waals surface area contributed by atoms with Gasteiger partial charge >= 0.3 is 0 Å². The Balaban J connectivity index is 0.00000192. The van der Waals surface area contributed by atoms with E-state index in [4.69, 9.17) is 0 Å². The minimum Gasteiger partial charge on any atom is -0.154 e. The van der Waals surface area contributed by atoms with Crippen molar-refractivity contribution in [1.29, 1.82) is 0 Å². The molecular weight excluding hydrogens is 459 g/mol. The molecule has 1 atom stereocenters. The first kappa shape index (κ1) is 18.7. The summed E-state index contributed by atoms with van der Waals surface area (Å²) in [7, 11) is -0.356. The van der Waals surface area contributed by atoms with E-state index in [0.29, 0.717) is 11.8 Å². The Hall–Kier alpha value is -0.603. The van der Waals surface area contributed by atoms with E-state index >= 15 is 0 Å². The van der Waals surface area contributed by atoms with Gasteiger partial charge in [-0.05, 0) is 33.1 Å². The Morgan fingerprint density at radius 2 is 1.91 bits per heavy atom. The second kappa shape index (κ2) is 8.48. The molecule has 0 spiro atoms. The summed E-state index contributed by atoms with van der Waals surface area (Å²) >= 11 is 0. The fraction of sp³-hybridized carbons (Fsp3) is 0.381. The van der Waals surface area contributed by atoms with Crippen LogP contribution >= 0.6 is 0 Å². The van der Waals surface area contributed by atoms with Gasteiger partial charge in [-0.3, -0.25) is 0 Å². The minimum absolute atomic E-state index is 0. The van der Waals surface area contributed by atoms with Gasteiger partial charge in [-0.25, -0.2) is 0 Å². The second-order valence-electron chi connectivity index (χ2n) is 6.57. The normalized spacial score (nSPS) is 22.5. The quantitative estimate of drug-likeness (QED) is 0.380. The average molecular weight is 484 g/mol. The van der Waals surface area contributed by atoms with Crippen LogP contribution in [0.4, 0.5) is 0 Å². The van der Waals surface area contributed by atoms with Crippen LogP contribution in [0.1, 0.15) is 26.2 Å². The topological polar surface area (TPSA) is 0 Å². The zero-order valence-electron chi connectivity index (χ0n) is 14.4. The largest absolute Gasteiger partial charge is 0.154 e. The summed E-state index contributed by atoms with van der Waals surface area (Å²) in [5, 5.41) is 0. The molecule has 0 nitrogen and oxygen atoms in total. The van der Waals surface area contributed by atoms with E-state index in [0.717, 1.165) is 12.8 Å². The first-order valence-corrected chi connectivity index (χ1v) is 11.0. The molecule has 0 aromatic carbocycles. The molecule has 3 rings (SSSR count). The van der Waals surface area contributed by atoms with Gasteiger partial charge in [0, 0.05) is 25.8 Å². The van der Waals surface area contributed by atoms with Crippen molar-refractivity contribution >= 4 is 14.1 Å². The maximum absolute atomic E-state index is 3.74. The number of hydrogen-bond acceptors (Lipinski definition) is 0. The van der Waals surface area contributed by atoms with Crippen LogP contribution in [0.5, 0.6) is 0 Å². The van der Waals surface area contributed by atoms with Gasteiger partial charge in [0.15, 0.2) is 0 Å². The van der Waals surface area contributed by atoms with Gasteiger partial charge in [-0.1, -0.05) is 56.8 Å². The van der Waals surface area contributed by atoms with Crippen LogP contribution in [0, 0.1) is 17.9 Å². The van der Waals surface area contributed by atoms with Gasteiger partial charge in [0.25, 0.3) is 0 Å². The molecule has 0 heterocycles. The Morgan fingerprint density at radius 3 is 2.57 bits per heavy atom. The van der Waals surface area contributed by atoms with Crippen LogP contribution in [0.15, 0.2) is 64.8 Å². The molecule has 0 aromatic heterocycles. The van der Waals surface area contributed by atoms with Gasteiger partial charge in [0.05, 0.1) is 0 Å². The fourth-order valence-electron chi connectivity index (χ4n) is 3.65. The van der Waals surface area contributed by atoms with Crippen molar-refractivity contribution in [3.05, 3.63) is 70.9 Å². The van der Waals surface area contributed by atoms with Crippen molar-refractivity contribution in [1.82, 2.24) is 0 Å². The molecule has 0 fully saturated rings. The number of hydrogen-bond donors (Lipinski definition) is 0. The zero-order valence-corrected chi connectivity index (χ0v) is 19.0. The molecular formula is C21H25HfSi-. The van der Waals surface area contributed by atoms with Gasteiger partial charge < -0.3 is 0 Å². The first-order valence-electron chi connectivity index (χ1n) is 8.45. The Bertz CT molecular complexity index is 652. The maximum atomic E-state index is 3.74. The van der Waals surface area contributed by atoms with E-state index in [1.165, 1.54) is 17.6 Å². The first-order chi connectivity index (χ1) is 10.7. The van der Waals surface area contributed by atoms with Crippen LogP contribution in [0.3, 0.4) is 0 Å². The van der Waals surface area contributed by atoms with E-state index in [9.17, 15) is 0 Å². The number of allylic oxidation sites excluding steroid dienone is 12. The van der Waals surface area contributed by atoms with Gasteiger partial charge in [0.1, 0.15) is 0 Å². The van der Waals surface area contributed by atoms with Crippen LogP contribution < -0.4 is 0 Å². The van der Waals surface area contributed by atoms with E-state index in [1.54, 1.807) is 11.1 Å². The van der Waals surface area contributed by atoms with E-state index < -0.39 is 0 Å². The molecule has 2 heteroatoms. The summed E-state index contributed by atoms with van der Waals surface area (Å²) in [6.45, 7) is 7.04. The smallest absolute Gasteiger partial charge is 0 e. The molecule has 3 aliphatic rings. The molecule has 1 unspecified atom stereocenters. The summed E-state index contributed by atoms with van der Waals surface area (Å²) in [6.07, 6.45) is 23.1. The van der Waals surface area contributed by atoms with Crippen molar-refractivity contribution in [2.24, 2.45) is 11.8 Å². The molecule has 118 valence electrons. The van der Waals surface area contributed by atoms with Crippen molar-refractivity contribution in [2.75, 3.05) is 0 Å². The summed E-state index contributed by atoms with van der Waals surface area (Å²) in [6, 6.07) is 0. The van der Waals surface area contributed by atoms with Crippen LogP contribution in [0.2, 0.25) is 13.1 Å². The van der Waals surface area contributed by atoms with Crippen molar-refractivity contribution < 1.29 is 25.8 Å². The molecule has 0 saturated carbocycles. The molecule has 0 saturated heterocycles. The Morgan fingerprint density at radius 1 is 1.17 bits per heavy atom. The second-order valence-corrected chi connectivity index (χ2v) is 9.06. The van der Waals surface area contributed by atoms with Gasteiger partial charge in [0.2, 0.25) is 0 Å². The van der Waals surface area contributed by atoms with Crippen molar-refractivity contribution in [3.8, 4) is 0 Å².